The summed E-state index contributed by atoms with van der Waals surface area (Å²) in [5, 5.41) is 18.9. The van der Waals surface area contributed by atoms with Crippen molar-refractivity contribution in [1.82, 2.24) is 0 Å². The van der Waals surface area contributed by atoms with E-state index in [1.165, 1.54) is 0 Å². The molecule has 0 amide bonds. The van der Waals surface area contributed by atoms with Crippen molar-refractivity contribution >= 4 is 14.5 Å². The summed E-state index contributed by atoms with van der Waals surface area (Å²) in [6.45, 7) is 4.01. The third kappa shape index (κ3) is 1.79. The number of fused-ring (bicyclic) bond motifs is 2. The lowest BCUT2D eigenvalue weighted by Crippen LogP contribution is -2.41. The van der Waals surface area contributed by atoms with Gasteiger partial charge in [0.2, 0.25) is 0 Å². The van der Waals surface area contributed by atoms with Gasteiger partial charge in [-0.05, 0) is 24.4 Å². The highest BCUT2D eigenvalue weighted by atomic mass is 28.4. The van der Waals surface area contributed by atoms with E-state index >= 15 is 0 Å². The van der Waals surface area contributed by atoms with Crippen LogP contribution in [0.25, 0.3) is 0 Å². The molecule has 92 valence electrons. The summed E-state index contributed by atoms with van der Waals surface area (Å²) in [5.74, 6) is -1.03. The molecule has 6 heteroatoms. The van der Waals surface area contributed by atoms with Crippen molar-refractivity contribution in [3.8, 4) is 0 Å². The minimum atomic E-state index is -2.42. The molecule has 2 N–H and O–H groups in total. The number of carboxylic acid groups (broad SMARTS) is 1. The number of carbonyl (C=O) groups is 1. The molecular weight excluding hydrogens is 228 g/mol. The second kappa shape index (κ2) is 4.10. The van der Waals surface area contributed by atoms with E-state index in [1.54, 1.807) is 0 Å². The molecule has 2 heterocycles. The van der Waals surface area contributed by atoms with Crippen LogP contribution in [-0.2, 0) is 13.6 Å². The van der Waals surface area contributed by atoms with E-state index in [9.17, 15) is 9.90 Å². The predicted octanol–water partition coefficient (Wildman–Crippen LogP) is 0.862. The number of hydrogen-bond acceptors (Lipinski definition) is 4. The molecule has 4 unspecified atom stereocenters. The van der Waals surface area contributed by atoms with E-state index in [4.69, 9.17) is 14.0 Å². The van der Waals surface area contributed by atoms with Crippen molar-refractivity contribution in [2.45, 2.75) is 56.6 Å². The topological polar surface area (TPSA) is 76.0 Å². The molecule has 2 bridgehead atoms. The normalized spacial score (nSPS) is 43.4. The SMILES string of the molecule is CC(C)[Si]12CCCC(O)C(O1)C(C(=O)O)O2. The second-order valence-electron chi connectivity index (χ2n) is 4.89. The summed E-state index contributed by atoms with van der Waals surface area (Å²) in [6.07, 6.45) is -0.900. The van der Waals surface area contributed by atoms with E-state index in [2.05, 4.69) is 0 Å². The Hall–Kier alpha value is -0.433. The number of aliphatic hydroxyl groups excluding tert-OH is 1. The fourth-order valence-corrected chi connectivity index (χ4v) is 5.99. The van der Waals surface area contributed by atoms with Crippen molar-refractivity contribution in [2.24, 2.45) is 0 Å². The molecule has 2 fully saturated rings. The molecule has 0 saturated carbocycles. The van der Waals surface area contributed by atoms with Gasteiger partial charge in [-0.15, -0.1) is 0 Å². The van der Waals surface area contributed by atoms with Gasteiger partial charge >= 0.3 is 14.5 Å². The fourth-order valence-electron chi connectivity index (χ4n) is 2.47. The first-order chi connectivity index (χ1) is 7.46. The lowest BCUT2D eigenvalue weighted by molar-refractivity contribution is -0.148. The summed E-state index contributed by atoms with van der Waals surface area (Å²) in [4.78, 5) is 11.1. The minimum Gasteiger partial charge on any atom is -0.479 e. The van der Waals surface area contributed by atoms with Crippen LogP contribution >= 0.6 is 0 Å². The Balaban J connectivity index is 2.28. The van der Waals surface area contributed by atoms with Gasteiger partial charge in [0.25, 0.3) is 0 Å². The largest absolute Gasteiger partial charge is 0.479 e. The van der Waals surface area contributed by atoms with Gasteiger partial charge in [-0.3, -0.25) is 0 Å². The van der Waals surface area contributed by atoms with Crippen LogP contribution in [0, 0.1) is 0 Å². The average Bonchev–Trinajstić information content (AvgIpc) is 2.50. The maximum atomic E-state index is 11.1. The van der Waals surface area contributed by atoms with E-state index in [0.717, 1.165) is 12.5 Å². The van der Waals surface area contributed by atoms with Crippen molar-refractivity contribution < 1.29 is 23.9 Å². The maximum absolute atomic E-state index is 11.1. The smallest absolute Gasteiger partial charge is 0.342 e. The molecule has 2 rings (SSSR count). The molecule has 2 saturated heterocycles. The molecule has 0 aromatic heterocycles. The molecule has 0 radical (unpaired) electrons. The zero-order valence-corrected chi connectivity index (χ0v) is 10.5. The molecule has 0 aromatic carbocycles. The van der Waals surface area contributed by atoms with Gasteiger partial charge in [0, 0.05) is 0 Å². The summed E-state index contributed by atoms with van der Waals surface area (Å²) in [6, 6.07) is 0.780. The molecular formula is C10H18O5Si. The van der Waals surface area contributed by atoms with Crippen LogP contribution in [0.3, 0.4) is 0 Å². The van der Waals surface area contributed by atoms with Crippen LogP contribution in [0.1, 0.15) is 26.7 Å². The van der Waals surface area contributed by atoms with Crippen molar-refractivity contribution in [2.75, 3.05) is 0 Å². The predicted molar refractivity (Wildman–Crippen MR) is 58.3 cm³/mol. The molecule has 4 atom stereocenters. The first-order valence-electron chi connectivity index (χ1n) is 5.73. The van der Waals surface area contributed by atoms with Gasteiger partial charge in [-0.2, -0.15) is 0 Å². The van der Waals surface area contributed by atoms with Gasteiger partial charge < -0.3 is 19.1 Å². The number of carboxylic acids is 1. The van der Waals surface area contributed by atoms with Crippen molar-refractivity contribution in [3.63, 3.8) is 0 Å². The molecule has 16 heavy (non-hydrogen) atoms. The third-order valence-electron chi connectivity index (χ3n) is 3.49. The molecule has 2 aliphatic heterocycles. The van der Waals surface area contributed by atoms with Crippen LogP contribution < -0.4 is 0 Å². The lowest BCUT2D eigenvalue weighted by Gasteiger charge is -2.27. The number of aliphatic carboxylic acids is 1. The quantitative estimate of drug-likeness (QED) is 0.707. The van der Waals surface area contributed by atoms with Crippen LogP contribution in [-0.4, -0.2) is 43.1 Å². The standard InChI is InChI=1S/C10H18O5Si/c1-6(2)16-5-3-4-7(11)8(14-16)9(15-16)10(12)13/h6-9,11H,3-5H2,1-2H3,(H,12,13). The summed E-state index contributed by atoms with van der Waals surface area (Å²) in [5.41, 5.74) is 0.213. The van der Waals surface area contributed by atoms with Crippen molar-refractivity contribution in [1.29, 1.82) is 0 Å². The van der Waals surface area contributed by atoms with Gasteiger partial charge in [-0.1, -0.05) is 13.8 Å². The van der Waals surface area contributed by atoms with Gasteiger partial charge in [0.15, 0.2) is 6.10 Å². The monoisotopic (exact) mass is 246 g/mol. The van der Waals surface area contributed by atoms with Crippen LogP contribution in [0.5, 0.6) is 0 Å². The van der Waals surface area contributed by atoms with Gasteiger partial charge in [-0.25, -0.2) is 4.79 Å². The zero-order chi connectivity index (χ0) is 11.9. The highest BCUT2D eigenvalue weighted by Gasteiger charge is 2.58. The molecule has 0 aliphatic carbocycles. The van der Waals surface area contributed by atoms with Crippen LogP contribution in [0.4, 0.5) is 0 Å². The maximum Gasteiger partial charge on any atom is 0.342 e. The molecule has 0 spiro atoms. The Bertz CT molecular complexity index is 295. The Kier molecular flexibility index (Phi) is 3.09. The summed E-state index contributed by atoms with van der Waals surface area (Å²) < 4.78 is 11.5. The fraction of sp³-hybridized carbons (Fsp3) is 0.900. The van der Waals surface area contributed by atoms with Gasteiger partial charge in [0.05, 0.1) is 6.10 Å². The first-order valence-corrected chi connectivity index (χ1v) is 7.83. The van der Waals surface area contributed by atoms with Crippen LogP contribution in [0.15, 0.2) is 0 Å². The second-order valence-corrected chi connectivity index (χ2v) is 8.64. The van der Waals surface area contributed by atoms with Crippen LogP contribution in [0.2, 0.25) is 11.6 Å². The highest BCUT2D eigenvalue weighted by Crippen LogP contribution is 2.42. The Morgan fingerprint density at radius 2 is 2.12 bits per heavy atom. The first kappa shape index (κ1) is 12.0. The zero-order valence-electron chi connectivity index (χ0n) is 9.55. The van der Waals surface area contributed by atoms with Crippen molar-refractivity contribution in [3.05, 3.63) is 0 Å². The van der Waals surface area contributed by atoms with E-state index in [1.807, 2.05) is 13.8 Å². The highest BCUT2D eigenvalue weighted by molar-refractivity contribution is 6.69. The molecule has 0 aromatic rings. The van der Waals surface area contributed by atoms with E-state index in [-0.39, 0.29) is 5.54 Å². The molecule has 5 nitrogen and oxygen atoms in total. The molecule has 2 aliphatic rings. The third-order valence-corrected chi connectivity index (χ3v) is 7.62. The van der Waals surface area contributed by atoms with Gasteiger partial charge in [0.1, 0.15) is 6.10 Å². The Morgan fingerprint density at radius 1 is 1.44 bits per heavy atom. The number of aliphatic hydroxyl groups is 1. The Labute approximate surface area is 95.6 Å². The summed E-state index contributed by atoms with van der Waals surface area (Å²) >= 11 is 0. The number of rotatable bonds is 2. The van der Waals surface area contributed by atoms with E-state index in [0.29, 0.717) is 6.42 Å². The summed E-state index contributed by atoms with van der Waals surface area (Å²) in [7, 11) is -2.42. The lowest BCUT2D eigenvalue weighted by atomic mass is 10.0. The Morgan fingerprint density at radius 3 is 2.69 bits per heavy atom. The average molecular weight is 246 g/mol. The van der Waals surface area contributed by atoms with E-state index < -0.39 is 32.8 Å². The minimum absolute atomic E-state index is 0.213. The number of hydrogen-bond donors (Lipinski definition) is 2.